The van der Waals surface area contributed by atoms with Gasteiger partial charge in [0.2, 0.25) is 0 Å². The molecule has 1 aromatic rings. The van der Waals surface area contributed by atoms with Gasteiger partial charge in [-0.2, -0.15) is 0 Å². The third-order valence-electron chi connectivity index (χ3n) is 1.38. The van der Waals surface area contributed by atoms with Crippen molar-refractivity contribution in [3.05, 3.63) is 29.8 Å². The molecule has 1 radical (unpaired) electrons. The minimum absolute atomic E-state index is 1.10. The fourth-order valence-corrected chi connectivity index (χ4v) is 1.77. The lowest BCUT2D eigenvalue weighted by Crippen LogP contribution is -1.77. The number of thioether (sulfide) groups is 1. The summed E-state index contributed by atoms with van der Waals surface area (Å²) in [5.74, 6) is 2.20. The van der Waals surface area contributed by atoms with Gasteiger partial charge < -0.3 is 0 Å². The predicted octanol–water partition coefficient (Wildman–Crippen LogP) is 1.89. The van der Waals surface area contributed by atoms with Gasteiger partial charge in [-0.25, -0.2) is 0 Å². The van der Waals surface area contributed by atoms with Crippen molar-refractivity contribution >= 4 is 11.8 Å². The second-order valence-corrected chi connectivity index (χ2v) is 2.98. The normalized spacial score (nSPS) is 15.6. The smallest absolute Gasteiger partial charge is 0.0406 e. The first kappa shape index (κ1) is 5.30. The van der Waals surface area contributed by atoms with E-state index < -0.39 is 0 Å². The number of fused-ring (bicyclic) bond motifs is 1. The third kappa shape index (κ3) is 0.833. The Kier molecular flexibility index (Phi) is 1.19. The molecule has 0 unspecified atom stereocenters. The van der Waals surface area contributed by atoms with E-state index in [2.05, 4.69) is 16.8 Å². The van der Waals surface area contributed by atoms with Gasteiger partial charge in [0, 0.05) is 23.0 Å². The third-order valence-corrected chi connectivity index (χ3v) is 2.34. The molecule has 0 saturated carbocycles. The molecule has 0 spiro atoms. The number of nitrogens with zero attached hydrogens (tertiary/aromatic N) is 1. The minimum Gasteiger partial charge on any atom is -0.264 e. The molecule has 0 bridgehead atoms. The molecule has 0 fully saturated rings. The van der Waals surface area contributed by atoms with Gasteiger partial charge in [0.15, 0.2) is 0 Å². The first-order valence-electron chi connectivity index (χ1n) is 2.88. The molecule has 1 aliphatic rings. The average molecular weight is 136 g/mol. The van der Waals surface area contributed by atoms with Crippen LogP contribution in [0.1, 0.15) is 5.56 Å². The SMILES string of the molecule is [CH]1Cc2ccncc2S1. The number of hydrogen-bond donors (Lipinski definition) is 0. The fourth-order valence-electron chi connectivity index (χ4n) is 0.905. The van der Waals surface area contributed by atoms with Gasteiger partial charge in [-0.05, 0) is 18.1 Å². The maximum Gasteiger partial charge on any atom is 0.0406 e. The van der Waals surface area contributed by atoms with Crippen LogP contribution in [0.2, 0.25) is 0 Å². The largest absolute Gasteiger partial charge is 0.264 e. The summed E-state index contributed by atoms with van der Waals surface area (Å²) in [7, 11) is 0. The first-order valence-corrected chi connectivity index (χ1v) is 3.76. The van der Waals surface area contributed by atoms with Crippen LogP contribution in [-0.4, -0.2) is 4.98 Å². The maximum absolute atomic E-state index is 4.02. The standard InChI is InChI=1S/C7H6NS/c1-3-8-5-7-6(1)2-4-9-7/h1,3-5H,2H2. The molecule has 0 saturated heterocycles. The molecule has 0 aromatic carbocycles. The lowest BCUT2D eigenvalue weighted by molar-refractivity contribution is 1.14. The van der Waals surface area contributed by atoms with Crippen LogP contribution in [0.3, 0.4) is 0 Å². The molecule has 0 amide bonds. The highest BCUT2D eigenvalue weighted by Gasteiger charge is 2.09. The molecular formula is C7H6NS. The van der Waals surface area contributed by atoms with Crippen LogP contribution in [0.25, 0.3) is 0 Å². The van der Waals surface area contributed by atoms with Crippen LogP contribution >= 0.6 is 11.8 Å². The van der Waals surface area contributed by atoms with Crippen molar-refractivity contribution in [3.63, 3.8) is 0 Å². The van der Waals surface area contributed by atoms with E-state index in [9.17, 15) is 0 Å². The molecule has 2 heterocycles. The van der Waals surface area contributed by atoms with Crippen LogP contribution in [-0.2, 0) is 6.42 Å². The summed E-state index contributed by atoms with van der Waals surface area (Å²) >= 11 is 1.78. The zero-order valence-electron chi connectivity index (χ0n) is 4.87. The summed E-state index contributed by atoms with van der Waals surface area (Å²) in [6.07, 6.45) is 4.87. The lowest BCUT2D eigenvalue weighted by Gasteiger charge is -1.91. The van der Waals surface area contributed by atoms with E-state index in [-0.39, 0.29) is 0 Å². The number of pyridine rings is 1. The minimum atomic E-state index is 1.10. The quantitative estimate of drug-likeness (QED) is 0.540. The van der Waals surface area contributed by atoms with Crippen molar-refractivity contribution in [2.24, 2.45) is 0 Å². The van der Waals surface area contributed by atoms with Gasteiger partial charge >= 0.3 is 0 Å². The molecule has 0 aliphatic carbocycles. The van der Waals surface area contributed by atoms with E-state index in [0.29, 0.717) is 0 Å². The summed E-state index contributed by atoms with van der Waals surface area (Å²) in [6.45, 7) is 0. The van der Waals surface area contributed by atoms with Crippen molar-refractivity contribution in [2.45, 2.75) is 11.3 Å². The Morgan fingerprint density at radius 1 is 1.56 bits per heavy atom. The number of rotatable bonds is 0. The van der Waals surface area contributed by atoms with E-state index >= 15 is 0 Å². The van der Waals surface area contributed by atoms with Crippen molar-refractivity contribution in [1.82, 2.24) is 4.98 Å². The summed E-state index contributed by atoms with van der Waals surface area (Å²) < 4.78 is 0. The Balaban J connectivity index is 2.54. The number of aromatic nitrogens is 1. The van der Waals surface area contributed by atoms with E-state index in [1.807, 2.05) is 12.4 Å². The topological polar surface area (TPSA) is 12.9 Å². The Hall–Kier alpha value is -0.500. The van der Waals surface area contributed by atoms with Crippen LogP contribution < -0.4 is 0 Å². The van der Waals surface area contributed by atoms with Crippen LogP contribution in [0, 0.1) is 5.75 Å². The zero-order chi connectivity index (χ0) is 6.10. The zero-order valence-corrected chi connectivity index (χ0v) is 5.69. The average Bonchev–Trinajstić information content (AvgIpc) is 2.33. The van der Waals surface area contributed by atoms with Crippen LogP contribution in [0.15, 0.2) is 23.4 Å². The Morgan fingerprint density at radius 2 is 2.56 bits per heavy atom. The van der Waals surface area contributed by atoms with Gasteiger partial charge in [0.25, 0.3) is 0 Å². The highest BCUT2D eigenvalue weighted by atomic mass is 32.2. The Bertz CT molecular complexity index is 199. The second-order valence-electron chi connectivity index (χ2n) is 1.97. The van der Waals surface area contributed by atoms with E-state index in [1.165, 1.54) is 10.5 Å². The summed E-state index contributed by atoms with van der Waals surface area (Å²) in [6, 6.07) is 2.08. The molecule has 1 aliphatic heterocycles. The highest BCUT2D eigenvalue weighted by molar-refractivity contribution is 8.01. The van der Waals surface area contributed by atoms with Gasteiger partial charge in [0.1, 0.15) is 0 Å². The van der Waals surface area contributed by atoms with Gasteiger partial charge in [-0.1, -0.05) is 0 Å². The molecule has 2 rings (SSSR count). The van der Waals surface area contributed by atoms with Crippen molar-refractivity contribution in [1.29, 1.82) is 0 Å². The highest BCUT2D eigenvalue weighted by Crippen LogP contribution is 2.32. The molecule has 0 atom stereocenters. The van der Waals surface area contributed by atoms with Crippen molar-refractivity contribution in [3.8, 4) is 0 Å². The molecule has 2 heteroatoms. The van der Waals surface area contributed by atoms with Gasteiger partial charge in [-0.3, -0.25) is 4.98 Å². The molecule has 1 aromatic heterocycles. The van der Waals surface area contributed by atoms with E-state index in [1.54, 1.807) is 11.8 Å². The molecule has 0 N–H and O–H groups in total. The first-order chi connectivity index (χ1) is 4.47. The number of hydrogen-bond acceptors (Lipinski definition) is 2. The molecule has 9 heavy (non-hydrogen) atoms. The Labute approximate surface area is 58.5 Å². The Morgan fingerprint density at radius 3 is 3.44 bits per heavy atom. The van der Waals surface area contributed by atoms with E-state index in [4.69, 9.17) is 0 Å². The lowest BCUT2D eigenvalue weighted by atomic mass is 10.2. The summed E-state index contributed by atoms with van der Waals surface area (Å²) in [5, 5.41) is 0. The van der Waals surface area contributed by atoms with Gasteiger partial charge in [0.05, 0.1) is 0 Å². The monoisotopic (exact) mass is 136 g/mol. The molecular weight excluding hydrogens is 130 g/mol. The summed E-state index contributed by atoms with van der Waals surface area (Å²) in [4.78, 5) is 5.33. The van der Waals surface area contributed by atoms with Crippen molar-refractivity contribution in [2.75, 3.05) is 0 Å². The maximum atomic E-state index is 4.02. The van der Waals surface area contributed by atoms with Crippen LogP contribution in [0.4, 0.5) is 0 Å². The second kappa shape index (κ2) is 2.03. The molecule has 45 valence electrons. The van der Waals surface area contributed by atoms with Crippen LogP contribution in [0.5, 0.6) is 0 Å². The van der Waals surface area contributed by atoms with E-state index in [0.717, 1.165) is 6.42 Å². The fraction of sp³-hybridized carbons (Fsp3) is 0.143. The van der Waals surface area contributed by atoms with Gasteiger partial charge in [-0.15, -0.1) is 11.8 Å². The molecule has 1 nitrogen and oxygen atoms in total. The summed E-state index contributed by atoms with van der Waals surface area (Å²) in [5.41, 5.74) is 1.41. The predicted molar refractivity (Wildman–Crippen MR) is 38.1 cm³/mol. The van der Waals surface area contributed by atoms with Crippen molar-refractivity contribution < 1.29 is 0 Å².